The van der Waals surface area contributed by atoms with Gasteiger partial charge in [-0.2, -0.15) is 0 Å². The number of rotatable bonds is 20. The Hall–Kier alpha value is -5.90. The molecule has 3 amide bonds. The highest BCUT2D eigenvalue weighted by atomic mass is 19.1. The Balaban J connectivity index is 0.000000457. The lowest BCUT2D eigenvalue weighted by atomic mass is 9.98. The first-order valence-corrected chi connectivity index (χ1v) is 21.9. The number of carbonyl (C=O) groups excluding carboxylic acids is 3. The van der Waals surface area contributed by atoms with Crippen molar-refractivity contribution in [1.29, 1.82) is 0 Å². The van der Waals surface area contributed by atoms with Crippen molar-refractivity contribution in [3.8, 4) is 12.3 Å². The second-order valence-electron chi connectivity index (χ2n) is 16.4. The van der Waals surface area contributed by atoms with Gasteiger partial charge < -0.3 is 30.6 Å². The number of aliphatic hydroxyl groups is 1. The Morgan fingerprint density at radius 3 is 1.69 bits per heavy atom. The van der Waals surface area contributed by atoms with Gasteiger partial charge in [0.2, 0.25) is 0 Å². The van der Waals surface area contributed by atoms with Crippen LogP contribution >= 0.6 is 0 Å². The third-order valence-electron chi connectivity index (χ3n) is 10.8. The molecule has 1 aliphatic carbocycles. The van der Waals surface area contributed by atoms with Gasteiger partial charge in [-0.25, -0.2) is 13.6 Å². The highest BCUT2D eigenvalue weighted by Crippen LogP contribution is 2.45. The summed E-state index contributed by atoms with van der Waals surface area (Å²) in [6.07, 6.45) is 9.59. The average Bonchev–Trinajstić information content (AvgIpc) is 4.05. The molecule has 0 bridgehead atoms. The van der Waals surface area contributed by atoms with E-state index in [1.165, 1.54) is 18.2 Å². The molecule has 0 radical (unpaired) electrons. The van der Waals surface area contributed by atoms with Gasteiger partial charge in [0, 0.05) is 66.6 Å². The summed E-state index contributed by atoms with van der Waals surface area (Å²) in [4.78, 5) is 53.9. The van der Waals surface area contributed by atoms with Crippen molar-refractivity contribution in [2.75, 3.05) is 32.7 Å². The van der Waals surface area contributed by atoms with E-state index < -0.39 is 35.7 Å². The second kappa shape index (κ2) is 24.8. The van der Waals surface area contributed by atoms with E-state index >= 15 is 0 Å². The summed E-state index contributed by atoms with van der Waals surface area (Å²) >= 11 is 0. The number of aliphatic hydroxyl groups excluding tert-OH is 1. The van der Waals surface area contributed by atoms with Crippen LogP contribution in [0.25, 0.3) is 0 Å². The molecule has 1 aliphatic rings. The fraction of sp³-hybridized carbons (Fsp3) is 0.423. The largest absolute Gasteiger partial charge is 0.478 e. The molecule has 5 rings (SSSR count). The first-order valence-electron chi connectivity index (χ1n) is 21.9. The third kappa shape index (κ3) is 14.8. The molecule has 10 nitrogen and oxygen atoms in total. The molecule has 1 fully saturated rings. The van der Waals surface area contributed by atoms with Gasteiger partial charge in [0.1, 0.15) is 11.6 Å². The fourth-order valence-corrected chi connectivity index (χ4v) is 7.70. The number of hydrogen-bond acceptors (Lipinski definition) is 6. The van der Waals surface area contributed by atoms with Gasteiger partial charge in [-0.3, -0.25) is 14.4 Å². The molecule has 0 heterocycles. The second-order valence-corrected chi connectivity index (χ2v) is 16.4. The van der Waals surface area contributed by atoms with Gasteiger partial charge in [0.05, 0.1) is 17.7 Å². The molecule has 2 atom stereocenters. The molecule has 0 saturated heterocycles. The lowest BCUT2D eigenvalue weighted by Gasteiger charge is -2.28. The lowest BCUT2D eigenvalue weighted by Crippen LogP contribution is -2.50. The highest BCUT2D eigenvalue weighted by molar-refractivity contribution is 6.00. The van der Waals surface area contributed by atoms with Crippen LogP contribution in [0.15, 0.2) is 78.9 Å². The number of hydrogen-bond donors (Lipinski definition) is 4. The Morgan fingerprint density at radius 2 is 1.22 bits per heavy atom. The number of nitrogens with zero attached hydrogens (tertiary/aromatic N) is 2. The van der Waals surface area contributed by atoms with Crippen LogP contribution in [0.2, 0.25) is 0 Å². The summed E-state index contributed by atoms with van der Waals surface area (Å²) in [5.41, 5.74) is 4.56. The van der Waals surface area contributed by atoms with Crippen molar-refractivity contribution in [3.63, 3.8) is 0 Å². The van der Waals surface area contributed by atoms with Gasteiger partial charge in [-0.15, -0.1) is 6.42 Å². The summed E-state index contributed by atoms with van der Waals surface area (Å²) in [5, 5.41) is 26.7. The van der Waals surface area contributed by atoms with Crippen LogP contribution in [0.5, 0.6) is 0 Å². The van der Waals surface area contributed by atoms with Crippen molar-refractivity contribution in [3.05, 3.63) is 141 Å². The Labute approximate surface area is 378 Å². The number of amides is 3. The van der Waals surface area contributed by atoms with Gasteiger partial charge in [-0.1, -0.05) is 53.2 Å². The number of nitrogens with one attached hydrogen (secondary N) is 2. The molecular weight excluding hydrogens is 815 g/mol. The first kappa shape index (κ1) is 52.4. The fourth-order valence-electron chi connectivity index (χ4n) is 7.70. The zero-order valence-electron chi connectivity index (χ0n) is 37.4. The number of halogens is 2. The molecule has 0 aliphatic heterocycles. The summed E-state index contributed by atoms with van der Waals surface area (Å²) in [5.74, 6) is -0.572. The molecule has 4 aromatic carbocycles. The predicted octanol–water partition coefficient (Wildman–Crippen LogP) is 9.09. The summed E-state index contributed by atoms with van der Waals surface area (Å²) in [6.45, 7) is 14.4. The Morgan fingerprint density at radius 1 is 0.734 bits per heavy atom. The SMILES string of the molecule is C.C#Cc1cccc(C2(NC[C@@H](O)[C@H](Cc3cc(F)cc(F)c3)NC(=O)c3cc(C)cc(C(=O)N(CCC)CCC)c3)CC2)c1.CCCN(CCC)C(=O)c1cc(C)cc(C(=O)O)c1. The van der Waals surface area contributed by atoms with E-state index in [2.05, 4.69) is 16.6 Å². The van der Waals surface area contributed by atoms with Crippen LogP contribution in [0.4, 0.5) is 8.78 Å². The molecule has 4 aromatic rings. The lowest BCUT2D eigenvalue weighted by molar-refractivity contribution is 0.0695. The normalized spacial score (nSPS) is 13.2. The van der Waals surface area contributed by atoms with Gasteiger partial charge in [0.25, 0.3) is 17.7 Å². The molecule has 12 heteroatoms. The van der Waals surface area contributed by atoms with Crippen molar-refractivity contribution in [2.24, 2.45) is 0 Å². The van der Waals surface area contributed by atoms with Crippen LogP contribution in [0.3, 0.4) is 0 Å². The van der Waals surface area contributed by atoms with Crippen molar-refractivity contribution < 1.29 is 38.2 Å². The number of carboxylic acids is 1. The number of terminal acetylenes is 1. The zero-order chi connectivity index (χ0) is 46.3. The predicted molar refractivity (Wildman–Crippen MR) is 250 cm³/mol. The summed E-state index contributed by atoms with van der Waals surface area (Å²) in [6, 6.07) is 19.7. The van der Waals surface area contributed by atoms with Crippen molar-refractivity contribution in [2.45, 2.75) is 112 Å². The van der Waals surface area contributed by atoms with E-state index in [9.17, 15) is 33.1 Å². The maximum absolute atomic E-state index is 14.1. The molecule has 1 saturated carbocycles. The van der Waals surface area contributed by atoms with E-state index in [1.54, 1.807) is 47.1 Å². The Kier molecular flexibility index (Phi) is 20.3. The monoisotopic (exact) mass is 880 g/mol. The minimum Gasteiger partial charge on any atom is -0.478 e. The zero-order valence-corrected chi connectivity index (χ0v) is 37.4. The molecule has 64 heavy (non-hydrogen) atoms. The van der Waals surface area contributed by atoms with Crippen LogP contribution in [-0.2, 0) is 12.0 Å². The van der Waals surface area contributed by atoms with E-state index in [0.29, 0.717) is 42.9 Å². The Bertz CT molecular complexity index is 2240. The van der Waals surface area contributed by atoms with Crippen LogP contribution in [0.1, 0.15) is 143 Å². The van der Waals surface area contributed by atoms with Gasteiger partial charge in [-0.05, 0) is 142 Å². The standard InChI is InChI=1S/C36H41F2N3O3.C15H21NO3.CH4/c1-5-13-41(14-6-2)35(44)28-16-24(4)15-27(21-28)34(43)40-32(20-26-18-30(37)22-31(38)19-26)33(42)23-39-36(11-12-36)29-10-8-9-25(7-3)17-29;1-4-6-16(7-5-2)14(17)12-8-11(3)9-13(10-12)15(18)19;/h3,8-10,15-19,21-22,32-33,39,42H,5-6,11-14,20,23H2,1-2,4H3,(H,40,43);8-10H,4-7H2,1-3H3,(H,18,19);1H4/t32-,33+;;/m0../s1. The maximum Gasteiger partial charge on any atom is 0.335 e. The van der Waals surface area contributed by atoms with Crippen LogP contribution < -0.4 is 10.6 Å². The summed E-state index contributed by atoms with van der Waals surface area (Å²) < 4.78 is 28.1. The maximum atomic E-state index is 14.1. The van der Waals surface area contributed by atoms with E-state index in [-0.39, 0.29) is 48.9 Å². The number of carbonyl (C=O) groups is 4. The van der Waals surface area contributed by atoms with E-state index in [1.807, 2.05) is 58.9 Å². The summed E-state index contributed by atoms with van der Waals surface area (Å²) in [7, 11) is 0. The quantitative estimate of drug-likeness (QED) is 0.0650. The molecule has 0 spiro atoms. The van der Waals surface area contributed by atoms with Crippen LogP contribution in [0, 0.1) is 37.8 Å². The molecular formula is C52H66F2N4O6. The first-order chi connectivity index (χ1) is 30.1. The average molecular weight is 881 g/mol. The van der Waals surface area contributed by atoms with E-state index in [4.69, 9.17) is 11.5 Å². The number of aromatic carboxylic acids is 1. The van der Waals surface area contributed by atoms with Crippen LogP contribution in [-0.4, -0.2) is 88.6 Å². The topological polar surface area (TPSA) is 139 Å². The number of benzene rings is 4. The minimum absolute atomic E-state index is 0. The van der Waals surface area contributed by atoms with Gasteiger partial charge >= 0.3 is 5.97 Å². The van der Waals surface area contributed by atoms with Crippen molar-refractivity contribution in [1.82, 2.24) is 20.4 Å². The molecule has 344 valence electrons. The highest BCUT2D eigenvalue weighted by Gasteiger charge is 2.44. The van der Waals surface area contributed by atoms with Gasteiger partial charge in [0.15, 0.2) is 0 Å². The smallest absolute Gasteiger partial charge is 0.335 e. The van der Waals surface area contributed by atoms with E-state index in [0.717, 1.165) is 66.8 Å². The minimum atomic E-state index is -1.10. The van der Waals surface area contributed by atoms with Crippen molar-refractivity contribution >= 4 is 23.7 Å². The third-order valence-corrected chi connectivity index (χ3v) is 10.8. The number of carboxylic acid groups (broad SMARTS) is 1. The molecule has 4 N–H and O–H groups in total. The number of aryl methyl sites for hydroxylation is 2. The molecule has 0 aromatic heterocycles. The molecule has 0 unspecified atom stereocenters.